The van der Waals surface area contributed by atoms with Crippen molar-refractivity contribution in [1.29, 1.82) is 0 Å². The molecule has 2 aromatic carbocycles. The van der Waals surface area contributed by atoms with Gasteiger partial charge in [-0.3, -0.25) is 4.79 Å². The van der Waals surface area contributed by atoms with Gasteiger partial charge in [0.25, 0.3) is 5.91 Å². The molecule has 1 aromatic heterocycles. The summed E-state index contributed by atoms with van der Waals surface area (Å²) in [6.07, 6.45) is 1.64. The van der Waals surface area contributed by atoms with Gasteiger partial charge in [-0.05, 0) is 30.7 Å². The van der Waals surface area contributed by atoms with Crippen LogP contribution < -0.4 is 5.73 Å². The molecule has 2 N–H and O–H groups in total. The lowest BCUT2D eigenvalue weighted by Crippen LogP contribution is -2.32. The molecule has 1 amide bonds. The number of alkyl halides is 1. The lowest BCUT2D eigenvalue weighted by molar-refractivity contribution is 0.0750. The van der Waals surface area contributed by atoms with Gasteiger partial charge in [-0.1, -0.05) is 35.9 Å². The first-order chi connectivity index (χ1) is 13.0. The third kappa shape index (κ3) is 3.16. The fourth-order valence-electron chi connectivity index (χ4n) is 3.51. The van der Waals surface area contributed by atoms with E-state index in [1.807, 2.05) is 25.1 Å². The number of halogens is 1. The van der Waals surface area contributed by atoms with Crippen LogP contribution in [0.5, 0.6) is 0 Å². The molecule has 0 bridgehead atoms. The van der Waals surface area contributed by atoms with Crippen molar-refractivity contribution >= 4 is 11.9 Å². The first-order valence-electron chi connectivity index (χ1n) is 8.77. The Morgan fingerprint density at radius 1 is 1.22 bits per heavy atom. The topological polar surface area (TPSA) is 77.0 Å². The average molecular weight is 365 g/mol. The average Bonchev–Trinajstić information content (AvgIpc) is 3.28. The summed E-state index contributed by atoms with van der Waals surface area (Å²) >= 11 is 0. The number of likely N-dealkylation sites (tertiary alicyclic amines) is 1. The van der Waals surface area contributed by atoms with E-state index in [1.54, 1.807) is 35.2 Å². The van der Waals surface area contributed by atoms with Gasteiger partial charge in [0.1, 0.15) is 6.33 Å². The Labute approximate surface area is 156 Å². The van der Waals surface area contributed by atoms with E-state index in [9.17, 15) is 4.79 Å². The van der Waals surface area contributed by atoms with Crippen molar-refractivity contribution in [3.05, 3.63) is 71.5 Å². The molecule has 0 radical (unpaired) electrons. The maximum absolute atomic E-state index is 15.5. The number of amides is 1. The lowest BCUT2D eigenvalue weighted by Gasteiger charge is -2.22. The number of nitrogens with zero attached hydrogens (tertiary/aromatic N) is 4. The van der Waals surface area contributed by atoms with Gasteiger partial charge in [0.2, 0.25) is 5.95 Å². The summed E-state index contributed by atoms with van der Waals surface area (Å²) in [5, 5.41) is 4.05. The minimum Gasteiger partial charge on any atom is -0.368 e. The summed E-state index contributed by atoms with van der Waals surface area (Å²) in [6, 6.07) is 14.4. The highest BCUT2D eigenvalue weighted by atomic mass is 19.1. The minimum absolute atomic E-state index is 0.0466. The molecule has 0 aliphatic carbocycles. The second-order valence-corrected chi connectivity index (χ2v) is 6.89. The molecule has 138 valence electrons. The Morgan fingerprint density at radius 3 is 2.78 bits per heavy atom. The molecular weight excluding hydrogens is 345 g/mol. The first kappa shape index (κ1) is 17.2. The van der Waals surface area contributed by atoms with Crippen LogP contribution in [-0.2, 0) is 5.67 Å². The normalized spacial score (nSPS) is 19.4. The van der Waals surface area contributed by atoms with E-state index >= 15 is 4.39 Å². The van der Waals surface area contributed by atoms with E-state index in [1.165, 1.54) is 11.0 Å². The van der Waals surface area contributed by atoms with Crippen LogP contribution in [-0.4, -0.2) is 38.7 Å². The van der Waals surface area contributed by atoms with Crippen molar-refractivity contribution in [2.75, 3.05) is 18.8 Å². The number of rotatable bonds is 3. The Bertz CT molecular complexity index is 1000. The zero-order chi connectivity index (χ0) is 19.0. The maximum atomic E-state index is 15.5. The number of carbonyl (C=O) groups excluding carboxylic acids is 1. The van der Waals surface area contributed by atoms with Crippen LogP contribution in [0.15, 0.2) is 54.9 Å². The van der Waals surface area contributed by atoms with Gasteiger partial charge in [-0.15, -0.1) is 0 Å². The number of hydrogen-bond acceptors (Lipinski definition) is 4. The molecule has 1 unspecified atom stereocenters. The molecule has 4 rings (SSSR count). The zero-order valence-corrected chi connectivity index (χ0v) is 15.0. The van der Waals surface area contributed by atoms with Crippen molar-refractivity contribution in [1.82, 2.24) is 19.7 Å². The van der Waals surface area contributed by atoms with Crippen molar-refractivity contribution < 1.29 is 9.18 Å². The number of anilines is 1. The minimum atomic E-state index is -1.52. The highest BCUT2D eigenvalue weighted by Crippen LogP contribution is 2.37. The van der Waals surface area contributed by atoms with Gasteiger partial charge in [-0.2, -0.15) is 14.8 Å². The Balaban J connectivity index is 1.57. The Hall–Kier alpha value is -3.22. The molecule has 1 aliphatic heterocycles. The van der Waals surface area contributed by atoms with Crippen LogP contribution in [0.1, 0.15) is 27.9 Å². The third-order valence-corrected chi connectivity index (χ3v) is 4.95. The summed E-state index contributed by atoms with van der Waals surface area (Å²) < 4.78 is 16.9. The van der Waals surface area contributed by atoms with Crippen molar-refractivity contribution in [2.45, 2.75) is 19.0 Å². The fraction of sp³-hybridized carbons (Fsp3) is 0.250. The molecular formula is C20H20FN5O. The van der Waals surface area contributed by atoms with Gasteiger partial charge >= 0.3 is 0 Å². The van der Waals surface area contributed by atoms with Gasteiger partial charge < -0.3 is 10.6 Å². The Kier molecular flexibility index (Phi) is 4.14. The number of hydrogen-bond donors (Lipinski definition) is 1. The molecule has 2 heterocycles. The molecule has 6 nitrogen and oxygen atoms in total. The SMILES string of the molecule is Cc1cccc(C2(F)CCN(C(=O)c3cccc(-n4ncnc4N)c3)C2)c1. The highest BCUT2D eigenvalue weighted by molar-refractivity contribution is 5.95. The van der Waals surface area contributed by atoms with E-state index in [0.29, 0.717) is 23.4 Å². The van der Waals surface area contributed by atoms with Gasteiger partial charge in [0.15, 0.2) is 5.67 Å². The molecule has 27 heavy (non-hydrogen) atoms. The number of nitrogen functional groups attached to an aromatic ring is 1. The van der Waals surface area contributed by atoms with E-state index in [4.69, 9.17) is 5.73 Å². The third-order valence-electron chi connectivity index (χ3n) is 4.95. The van der Waals surface area contributed by atoms with Gasteiger partial charge in [-0.25, -0.2) is 4.39 Å². The summed E-state index contributed by atoms with van der Waals surface area (Å²) in [6.45, 7) is 2.36. The van der Waals surface area contributed by atoms with Gasteiger partial charge in [0.05, 0.1) is 12.2 Å². The van der Waals surface area contributed by atoms with Crippen LogP contribution in [0.3, 0.4) is 0 Å². The maximum Gasteiger partial charge on any atom is 0.254 e. The van der Waals surface area contributed by atoms with E-state index in [2.05, 4.69) is 10.1 Å². The number of aromatic nitrogens is 3. The van der Waals surface area contributed by atoms with Crippen molar-refractivity contribution in [3.8, 4) is 5.69 Å². The summed E-state index contributed by atoms with van der Waals surface area (Å²) in [7, 11) is 0. The molecule has 1 atom stereocenters. The summed E-state index contributed by atoms with van der Waals surface area (Å²) in [5.74, 6) is 0.0331. The fourth-order valence-corrected chi connectivity index (χ4v) is 3.51. The van der Waals surface area contributed by atoms with Gasteiger partial charge in [0, 0.05) is 18.5 Å². The number of carbonyl (C=O) groups is 1. The largest absolute Gasteiger partial charge is 0.368 e. The molecule has 1 fully saturated rings. The second kappa shape index (κ2) is 6.50. The molecule has 3 aromatic rings. The van der Waals surface area contributed by atoms with E-state index in [0.717, 1.165) is 5.56 Å². The molecule has 0 spiro atoms. The van der Waals surface area contributed by atoms with E-state index < -0.39 is 5.67 Å². The van der Waals surface area contributed by atoms with Crippen LogP contribution in [0.25, 0.3) is 5.69 Å². The van der Waals surface area contributed by atoms with Crippen LogP contribution in [0, 0.1) is 6.92 Å². The van der Waals surface area contributed by atoms with Crippen LogP contribution in [0.2, 0.25) is 0 Å². The summed E-state index contributed by atoms with van der Waals surface area (Å²) in [5.41, 5.74) is 7.00. The predicted molar refractivity (Wildman–Crippen MR) is 100 cm³/mol. The van der Waals surface area contributed by atoms with Crippen LogP contribution in [0.4, 0.5) is 10.3 Å². The quantitative estimate of drug-likeness (QED) is 0.774. The molecule has 1 saturated heterocycles. The molecule has 0 saturated carbocycles. The Morgan fingerprint density at radius 2 is 2.04 bits per heavy atom. The lowest BCUT2D eigenvalue weighted by atomic mass is 9.94. The molecule has 7 heteroatoms. The van der Waals surface area contributed by atoms with Crippen LogP contribution >= 0.6 is 0 Å². The second-order valence-electron chi connectivity index (χ2n) is 6.89. The molecule has 1 aliphatic rings. The summed E-state index contributed by atoms with van der Waals surface area (Å²) in [4.78, 5) is 18.4. The van der Waals surface area contributed by atoms with Crippen molar-refractivity contribution in [3.63, 3.8) is 0 Å². The predicted octanol–water partition coefficient (Wildman–Crippen LogP) is 2.87. The monoisotopic (exact) mass is 365 g/mol. The van der Waals surface area contributed by atoms with E-state index in [-0.39, 0.29) is 24.8 Å². The zero-order valence-electron chi connectivity index (χ0n) is 15.0. The number of benzene rings is 2. The standard InChI is InChI=1S/C20H20FN5O/c1-14-4-2-6-16(10-14)20(21)8-9-25(12-20)18(27)15-5-3-7-17(11-15)26-19(22)23-13-24-26/h2-7,10-11,13H,8-9,12H2,1H3,(H2,22,23,24). The number of nitrogens with two attached hydrogens (primary N) is 1. The van der Waals surface area contributed by atoms with Crippen molar-refractivity contribution in [2.24, 2.45) is 0 Å². The smallest absolute Gasteiger partial charge is 0.254 e. The number of aryl methyl sites for hydroxylation is 1. The first-order valence-corrected chi connectivity index (χ1v) is 8.77. The highest BCUT2D eigenvalue weighted by Gasteiger charge is 2.42.